The lowest BCUT2D eigenvalue weighted by Crippen LogP contribution is -2.26. The molecule has 1 aromatic rings. The van der Waals surface area contributed by atoms with Gasteiger partial charge in [-0.15, -0.1) is 0 Å². The Morgan fingerprint density at radius 1 is 1.28 bits per heavy atom. The van der Waals surface area contributed by atoms with Gasteiger partial charge in [-0.1, -0.05) is 0 Å². The molecule has 100 valence electrons. The van der Waals surface area contributed by atoms with E-state index in [1.54, 1.807) is 20.3 Å². The molecule has 0 saturated heterocycles. The molecule has 0 aliphatic heterocycles. The van der Waals surface area contributed by atoms with Crippen LogP contribution in [0.1, 0.15) is 12.0 Å². The lowest BCUT2D eigenvalue weighted by molar-refractivity contribution is -0.121. The molecule has 1 rings (SSSR count). The van der Waals surface area contributed by atoms with Crippen LogP contribution in [0.5, 0.6) is 11.5 Å². The van der Waals surface area contributed by atoms with Gasteiger partial charge in [-0.25, -0.2) is 0 Å². The van der Waals surface area contributed by atoms with Gasteiger partial charge in [0, 0.05) is 31.1 Å². The molecule has 2 N–H and O–H groups in total. The van der Waals surface area contributed by atoms with Crippen molar-refractivity contribution in [3.8, 4) is 11.5 Å². The first-order valence-electron chi connectivity index (χ1n) is 5.83. The largest absolute Gasteiger partial charge is 0.497 e. The van der Waals surface area contributed by atoms with Crippen LogP contribution in [0.3, 0.4) is 0 Å². The first kappa shape index (κ1) is 14.3. The number of amides is 1. The van der Waals surface area contributed by atoms with E-state index in [1.807, 2.05) is 19.2 Å². The zero-order valence-corrected chi connectivity index (χ0v) is 11.1. The fourth-order valence-electron chi connectivity index (χ4n) is 1.52. The van der Waals surface area contributed by atoms with Gasteiger partial charge in [-0.2, -0.15) is 0 Å². The monoisotopic (exact) mass is 252 g/mol. The van der Waals surface area contributed by atoms with Crippen molar-refractivity contribution in [1.82, 2.24) is 10.6 Å². The Balaban J connectivity index is 2.58. The minimum Gasteiger partial charge on any atom is -0.497 e. The molecule has 1 amide bonds. The number of methoxy groups -OCH3 is 2. The fraction of sp³-hybridized carbons (Fsp3) is 0.462. The molecule has 5 nitrogen and oxygen atoms in total. The van der Waals surface area contributed by atoms with E-state index in [4.69, 9.17) is 9.47 Å². The molecule has 0 saturated carbocycles. The second kappa shape index (κ2) is 7.55. The molecule has 1 aromatic carbocycles. The Hall–Kier alpha value is -1.75. The van der Waals surface area contributed by atoms with Gasteiger partial charge >= 0.3 is 0 Å². The lowest BCUT2D eigenvalue weighted by atomic mass is 10.2. The van der Waals surface area contributed by atoms with Crippen molar-refractivity contribution in [2.24, 2.45) is 0 Å². The molecule has 0 aliphatic carbocycles. The van der Waals surface area contributed by atoms with Crippen molar-refractivity contribution in [2.75, 3.05) is 27.8 Å². The van der Waals surface area contributed by atoms with Crippen LogP contribution < -0.4 is 20.1 Å². The van der Waals surface area contributed by atoms with Crippen LogP contribution in [-0.2, 0) is 11.3 Å². The van der Waals surface area contributed by atoms with Crippen LogP contribution in [0.25, 0.3) is 0 Å². The Kier molecular flexibility index (Phi) is 6.00. The van der Waals surface area contributed by atoms with Gasteiger partial charge in [0.05, 0.1) is 14.2 Å². The van der Waals surface area contributed by atoms with E-state index in [2.05, 4.69) is 10.6 Å². The SMILES string of the molecule is CNCCC(=O)NCc1ccc(OC)cc1OC. The number of nitrogens with one attached hydrogen (secondary N) is 2. The number of hydrogen-bond acceptors (Lipinski definition) is 4. The van der Waals surface area contributed by atoms with Crippen molar-refractivity contribution < 1.29 is 14.3 Å². The molecule has 0 radical (unpaired) electrons. The Morgan fingerprint density at radius 3 is 2.67 bits per heavy atom. The summed E-state index contributed by atoms with van der Waals surface area (Å²) in [5, 5.41) is 5.78. The van der Waals surface area contributed by atoms with Crippen molar-refractivity contribution in [3.05, 3.63) is 23.8 Å². The smallest absolute Gasteiger partial charge is 0.221 e. The first-order valence-corrected chi connectivity index (χ1v) is 5.83. The second-order valence-corrected chi connectivity index (χ2v) is 3.81. The van der Waals surface area contributed by atoms with Gasteiger partial charge in [-0.3, -0.25) is 4.79 Å². The predicted octanol–water partition coefficient (Wildman–Crippen LogP) is 0.929. The first-order chi connectivity index (χ1) is 8.71. The molecular weight excluding hydrogens is 232 g/mol. The molecule has 0 aromatic heterocycles. The van der Waals surface area contributed by atoms with Crippen molar-refractivity contribution in [1.29, 1.82) is 0 Å². The third-order valence-electron chi connectivity index (χ3n) is 2.57. The molecule has 0 atom stereocenters. The van der Waals surface area contributed by atoms with Gasteiger partial charge < -0.3 is 20.1 Å². The summed E-state index contributed by atoms with van der Waals surface area (Å²) in [6, 6.07) is 5.53. The van der Waals surface area contributed by atoms with Crippen LogP contribution in [0, 0.1) is 0 Å². The van der Waals surface area contributed by atoms with Crippen LogP contribution in [0.4, 0.5) is 0 Å². The van der Waals surface area contributed by atoms with E-state index < -0.39 is 0 Å². The van der Waals surface area contributed by atoms with Crippen LogP contribution >= 0.6 is 0 Å². The van der Waals surface area contributed by atoms with E-state index in [0.717, 1.165) is 11.3 Å². The summed E-state index contributed by atoms with van der Waals surface area (Å²) in [5.74, 6) is 1.46. The van der Waals surface area contributed by atoms with Crippen LogP contribution in [-0.4, -0.2) is 33.7 Å². The Labute approximate surface area is 107 Å². The highest BCUT2D eigenvalue weighted by Gasteiger charge is 2.06. The minimum atomic E-state index is 0.0159. The quantitative estimate of drug-likeness (QED) is 0.758. The number of ether oxygens (including phenoxy) is 2. The minimum absolute atomic E-state index is 0.0159. The van der Waals surface area contributed by atoms with E-state index in [1.165, 1.54) is 0 Å². The number of benzene rings is 1. The molecule has 0 unspecified atom stereocenters. The average molecular weight is 252 g/mol. The number of carbonyl (C=O) groups excluding carboxylic acids is 1. The summed E-state index contributed by atoms with van der Waals surface area (Å²) in [7, 11) is 5.02. The van der Waals surface area contributed by atoms with Crippen LogP contribution in [0.2, 0.25) is 0 Å². The van der Waals surface area contributed by atoms with Crippen molar-refractivity contribution >= 4 is 5.91 Å². The maximum absolute atomic E-state index is 11.5. The zero-order chi connectivity index (χ0) is 13.4. The Morgan fingerprint density at radius 2 is 2.06 bits per heavy atom. The van der Waals surface area contributed by atoms with Gasteiger partial charge in [-0.05, 0) is 19.2 Å². The highest BCUT2D eigenvalue weighted by Crippen LogP contribution is 2.24. The van der Waals surface area contributed by atoms with Crippen LogP contribution in [0.15, 0.2) is 18.2 Å². The standard InChI is InChI=1S/C13H20N2O3/c1-14-7-6-13(16)15-9-10-4-5-11(17-2)8-12(10)18-3/h4-5,8,14H,6-7,9H2,1-3H3,(H,15,16). The molecule has 0 fully saturated rings. The maximum atomic E-state index is 11.5. The molecule has 0 aliphatic rings. The van der Waals surface area contributed by atoms with Gasteiger partial charge in [0.1, 0.15) is 11.5 Å². The fourth-order valence-corrected chi connectivity index (χ4v) is 1.52. The summed E-state index contributed by atoms with van der Waals surface area (Å²) < 4.78 is 10.4. The number of hydrogen-bond donors (Lipinski definition) is 2. The van der Waals surface area contributed by atoms with Gasteiger partial charge in [0.15, 0.2) is 0 Å². The molecule has 0 bridgehead atoms. The van der Waals surface area contributed by atoms with E-state index in [-0.39, 0.29) is 5.91 Å². The van der Waals surface area contributed by atoms with Crippen molar-refractivity contribution in [2.45, 2.75) is 13.0 Å². The van der Waals surface area contributed by atoms with E-state index in [9.17, 15) is 4.79 Å². The van der Waals surface area contributed by atoms with Crippen molar-refractivity contribution in [3.63, 3.8) is 0 Å². The second-order valence-electron chi connectivity index (χ2n) is 3.81. The third-order valence-corrected chi connectivity index (χ3v) is 2.57. The molecular formula is C13H20N2O3. The topological polar surface area (TPSA) is 59.6 Å². The van der Waals surface area contributed by atoms with E-state index >= 15 is 0 Å². The molecule has 0 spiro atoms. The predicted molar refractivity (Wildman–Crippen MR) is 69.9 cm³/mol. The summed E-state index contributed by atoms with van der Waals surface area (Å²) in [6.45, 7) is 1.13. The zero-order valence-electron chi connectivity index (χ0n) is 11.1. The number of rotatable bonds is 7. The average Bonchev–Trinajstić information content (AvgIpc) is 2.42. The molecule has 5 heteroatoms. The highest BCUT2D eigenvalue weighted by molar-refractivity contribution is 5.76. The summed E-state index contributed by atoms with van der Waals surface area (Å²) in [5.41, 5.74) is 0.927. The summed E-state index contributed by atoms with van der Waals surface area (Å²) in [6.07, 6.45) is 0.467. The molecule has 0 heterocycles. The summed E-state index contributed by atoms with van der Waals surface area (Å²) in [4.78, 5) is 11.5. The normalized spacial score (nSPS) is 9.94. The summed E-state index contributed by atoms with van der Waals surface area (Å²) >= 11 is 0. The molecule has 18 heavy (non-hydrogen) atoms. The maximum Gasteiger partial charge on any atom is 0.221 e. The number of carbonyl (C=O) groups is 1. The van der Waals surface area contributed by atoms with Gasteiger partial charge in [0.2, 0.25) is 5.91 Å². The lowest BCUT2D eigenvalue weighted by Gasteiger charge is -2.11. The third kappa shape index (κ3) is 4.25. The van der Waals surface area contributed by atoms with Gasteiger partial charge in [0.25, 0.3) is 0 Å². The van der Waals surface area contributed by atoms with E-state index in [0.29, 0.717) is 25.3 Å². The Bertz CT molecular complexity index is 394. The highest BCUT2D eigenvalue weighted by atomic mass is 16.5.